The van der Waals surface area contributed by atoms with Crippen LogP contribution in [-0.2, 0) is 33.9 Å². The van der Waals surface area contributed by atoms with Gasteiger partial charge in [-0.1, -0.05) is 39.0 Å². The van der Waals surface area contributed by atoms with Crippen LogP contribution < -0.4 is 16.0 Å². The van der Waals surface area contributed by atoms with Gasteiger partial charge in [0.05, 0.1) is 4.88 Å². The Kier molecular flexibility index (Phi) is 18.7. The van der Waals surface area contributed by atoms with Gasteiger partial charge in [-0.2, -0.15) is 0 Å². The number of carbonyl (C=O) groups excluding carboxylic acids is 4. The van der Waals surface area contributed by atoms with Gasteiger partial charge < -0.3 is 20.7 Å². The minimum absolute atomic E-state index is 0.0239. The minimum Gasteiger partial charge on any atom is -0.359 e. The Balaban J connectivity index is 0.000000547. The van der Waals surface area contributed by atoms with Crippen molar-refractivity contribution in [2.75, 3.05) is 14.1 Å². The summed E-state index contributed by atoms with van der Waals surface area (Å²) in [7, 11) is 3.58. The molecule has 0 aliphatic carbocycles. The highest BCUT2D eigenvalue weighted by Gasteiger charge is 2.18. The lowest BCUT2D eigenvalue weighted by Gasteiger charge is -2.06. The summed E-state index contributed by atoms with van der Waals surface area (Å²) in [6, 6.07) is 6.56. The molecule has 37 heavy (non-hydrogen) atoms. The summed E-state index contributed by atoms with van der Waals surface area (Å²) in [4.78, 5) is 43.4. The molecule has 2 rings (SSSR count). The fraction of sp³-hybridized carbons (Fsp3) is 0.517. The molecule has 0 radical (unpaired) electrons. The quantitative estimate of drug-likeness (QED) is 0.194. The van der Waals surface area contributed by atoms with Crippen LogP contribution in [0.15, 0.2) is 23.6 Å². The number of hydrogen-bond acceptors (Lipinski definition) is 6. The van der Waals surface area contributed by atoms with Crippen molar-refractivity contribution >= 4 is 35.7 Å². The Bertz CT molecular complexity index is 970. The van der Waals surface area contributed by atoms with Crippen LogP contribution >= 0.6 is 11.3 Å². The smallest absolute Gasteiger partial charge is 0.219 e. The van der Waals surface area contributed by atoms with E-state index in [9.17, 15) is 19.2 Å². The summed E-state index contributed by atoms with van der Waals surface area (Å²) in [6.45, 7) is 11.6. The van der Waals surface area contributed by atoms with E-state index in [-0.39, 0.29) is 17.6 Å². The van der Waals surface area contributed by atoms with Crippen molar-refractivity contribution in [2.24, 2.45) is 5.92 Å². The van der Waals surface area contributed by atoms with E-state index in [0.29, 0.717) is 25.8 Å². The van der Waals surface area contributed by atoms with E-state index in [0.717, 1.165) is 48.1 Å². The van der Waals surface area contributed by atoms with Gasteiger partial charge in [0, 0.05) is 38.9 Å². The second-order valence-electron chi connectivity index (χ2n) is 8.97. The Labute approximate surface area is 226 Å². The molecule has 0 saturated carbocycles. The lowest BCUT2D eigenvalue weighted by Crippen LogP contribution is -2.16. The predicted molar refractivity (Wildman–Crippen MR) is 153 cm³/mol. The standard InChI is InChI=1S/C12H17NO2S.C10H15N.C7H13NO2/c1-4-10-9(5-13-7-14)6-16-12(10)11(15)8(2)3;1-8-4-5-10(7-11-3)6-9(8)2;1-8-7(10)5-3-2-4-6-9/h6-8H,4-5H2,1-3H3,(H,13,14);4-6,11H,7H2,1-3H3;6H,2-5H2,1H3,(H,8,10). The molecule has 1 heterocycles. The summed E-state index contributed by atoms with van der Waals surface area (Å²) in [5.41, 5.74) is 6.24. The highest BCUT2D eigenvalue weighted by molar-refractivity contribution is 7.12. The van der Waals surface area contributed by atoms with Crippen molar-refractivity contribution in [3.05, 3.63) is 56.3 Å². The molecule has 0 saturated heterocycles. The van der Waals surface area contributed by atoms with Gasteiger partial charge in [0.15, 0.2) is 5.78 Å². The number of thiophene rings is 1. The number of carbonyl (C=O) groups is 4. The number of aldehydes is 1. The summed E-state index contributed by atoms with van der Waals surface area (Å²) in [5.74, 6) is 0.265. The topological polar surface area (TPSA) is 104 Å². The van der Waals surface area contributed by atoms with Crippen LogP contribution in [0, 0.1) is 19.8 Å². The fourth-order valence-electron chi connectivity index (χ4n) is 3.33. The van der Waals surface area contributed by atoms with Crippen molar-refractivity contribution in [2.45, 2.75) is 79.8 Å². The molecule has 8 heteroatoms. The zero-order valence-electron chi connectivity index (χ0n) is 23.5. The molecule has 0 atom stereocenters. The molecule has 2 aromatic rings. The molecule has 0 aliphatic rings. The van der Waals surface area contributed by atoms with Gasteiger partial charge in [-0.25, -0.2) is 0 Å². The number of rotatable bonds is 13. The summed E-state index contributed by atoms with van der Waals surface area (Å²) >= 11 is 1.48. The number of nitrogens with one attached hydrogen (secondary N) is 3. The summed E-state index contributed by atoms with van der Waals surface area (Å²) in [6.07, 6.45) is 5.11. The number of unbranched alkanes of at least 4 members (excludes halogenated alkanes) is 2. The summed E-state index contributed by atoms with van der Waals surface area (Å²) in [5, 5.41) is 10.2. The Morgan fingerprint density at radius 1 is 1.03 bits per heavy atom. The zero-order valence-corrected chi connectivity index (χ0v) is 24.3. The van der Waals surface area contributed by atoms with E-state index in [2.05, 4.69) is 48.0 Å². The number of aryl methyl sites for hydroxylation is 2. The zero-order chi connectivity index (χ0) is 28.2. The highest BCUT2D eigenvalue weighted by atomic mass is 32.1. The van der Waals surface area contributed by atoms with E-state index in [1.165, 1.54) is 28.0 Å². The molecule has 0 spiro atoms. The number of amides is 2. The van der Waals surface area contributed by atoms with Crippen molar-refractivity contribution < 1.29 is 19.2 Å². The van der Waals surface area contributed by atoms with Crippen LogP contribution in [0.1, 0.15) is 83.9 Å². The maximum Gasteiger partial charge on any atom is 0.219 e. The third-order valence-electron chi connectivity index (χ3n) is 5.67. The molecule has 1 aromatic heterocycles. The first-order valence-corrected chi connectivity index (χ1v) is 13.7. The van der Waals surface area contributed by atoms with Crippen LogP contribution in [0.5, 0.6) is 0 Å². The SMILES string of the molecule is CCc1c(CNC=O)csc1C(=O)C(C)C.CNC(=O)CCCCC=O.CNCc1ccc(C)c(C)c1. The van der Waals surface area contributed by atoms with Gasteiger partial charge in [-0.3, -0.25) is 14.4 Å². The van der Waals surface area contributed by atoms with Crippen LogP contribution in [0.4, 0.5) is 0 Å². The second-order valence-corrected chi connectivity index (χ2v) is 9.85. The van der Waals surface area contributed by atoms with Gasteiger partial charge in [0.2, 0.25) is 12.3 Å². The Morgan fingerprint density at radius 2 is 1.73 bits per heavy atom. The molecule has 7 nitrogen and oxygen atoms in total. The van der Waals surface area contributed by atoms with E-state index < -0.39 is 0 Å². The van der Waals surface area contributed by atoms with Crippen molar-refractivity contribution in [1.29, 1.82) is 0 Å². The lowest BCUT2D eigenvalue weighted by atomic mass is 10.0. The van der Waals surface area contributed by atoms with Crippen molar-refractivity contribution in [3.8, 4) is 0 Å². The van der Waals surface area contributed by atoms with E-state index in [1.807, 2.05) is 33.2 Å². The minimum atomic E-state index is 0.0239. The van der Waals surface area contributed by atoms with Gasteiger partial charge in [-0.05, 0) is 73.4 Å². The molecular weight excluding hydrogens is 486 g/mol. The Morgan fingerprint density at radius 3 is 2.24 bits per heavy atom. The number of Topliss-reactive ketones (excluding diaryl/α,β-unsaturated/α-hetero) is 1. The van der Waals surface area contributed by atoms with E-state index in [1.54, 1.807) is 7.05 Å². The van der Waals surface area contributed by atoms with E-state index >= 15 is 0 Å². The number of hydrogen-bond donors (Lipinski definition) is 3. The Hall–Kier alpha value is -2.84. The second kappa shape index (κ2) is 20.2. The molecule has 206 valence electrons. The molecular formula is C29H45N3O4S. The number of ketones is 1. The van der Waals surface area contributed by atoms with Gasteiger partial charge in [0.1, 0.15) is 6.29 Å². The van der Waals surface area contributed by atoms with Crippen molar-refractivity contribution in [3.63, 3.8) is 0 Å². The highest BCUT2D eigenvalue weighted by Crippen LogP contribution is 2.26. The average molecular weight is 532 g/mol. The first kappa shape index (κ1) is 34.2. The summed E-state index contributed by atoms with van der Waals surface area (Å²) < 4.78 is 0. The van der Waals surface area contributed by atoms with Gasteiger partial charge >= 0.3 is 0 Å². The maximum atomic E-state index is 11.9. The van der Waals surface area contributed by atoms with Crippen LogP contribution in [0.25, 0.3) is 0 Å². The third kappa shape index (κ3) is 13.9. The molecule has 0 unspecified atom stereocenters. The monoisotopic (exact) mass is 531 g/mol. The molecule has 3 N–H and O–H groups in total. The maximum absolute atomic E-state index is 11.9. The first-order valence-electron chi connectivity index (χ1n) is 12.8. The molecule has 0 bridgehead atoms. The lowest BCUT2D eigenvalue weighted by molar-refractivity contribution is -0.120. The van der Waals surface area contributed by atoms with E-state index in [4.69, 9.17) is 0 Å². The molecule has 1 aromatic carbocycles. The number of benzene rings is 1. The van der Waals surface area contributed by atoms with Crippen LogP contribution in [0.2, 0.25) is 0 Å². The largest absolute Gasteiger partial charge is 0.359 e. The van der Waals surface area contributed by atoms with Crippen LogP contribution in [-0.4, -0.2) is 38.5 Å². The van der Waals surface area contributed by atoms with Crippen molar-refractivity contribution in [1.82, 2.24) is 16.0 Å². The molecule has 0 aliphatic heterocycles. The first-order chi connectivity index (χ1) is 17.7. The average Bonchev–Trinajstić information content (AvgIpc) is 3.30. The fourth-order valence-corrected chi connectivity index (χ4v) is 4.59. The molecule has 0 fully saturated rings. The predicted octanol–water partition coefficient (Wildman–Crippen LogP) is 4.91. The third-order valence-corrected chi connectivity index (χ3v) is 6.75. The molecule has 2 amide bonds. The van der Waals surface area contributed by atoms with Gasteiger partial charge in [-0.15, -0.1) is 11.3 Å². The normalized spacial score (nSPS) is 9.95. The van der Waals surface area contributed by atoms with Crippen LogP contribution in [0.3, 0.4) is 0 Å². The van der Waals surface area contributed by atoms with Gasteiger partial charge in [0.25, 0.3) is 0 Å².